The molecular formula is C8H13F2NO. The Bertz CT molecular complexity index is 183. The van der Waals surface area contributed by atoms with Gasteiger partial charge in [-0.3, -0.25) is 0 Å². The number of hydrogen-bond donors (Lipinski definition) is 2. The van der Waals surface area contributed by atoms with Crippen LogP contribution >= 0.6 is 0 Å². The fourth-order valence-corrected chi connectivity index (χ4v) is 1.79. The summed E-state index contributed by atoms with van der Waals surface area (Å²) in [7, 11) is 0. The van der Waals surface area contributed by atoms with Gasteiger partial charge >= 0.3 is 0 Å². The van der Waals surface area contributed by atoms with Crippen LogP contribution in [0.4, 0.5) is 8.78 Å². The second kappa shape index (κ2) is 2.39. The van der Waals surface area contributed by atoms with Gasteiger partial charge in [0.25, 0.3) is 5.92 Å². The van der Waals surface area contributed by atoms with Crippen molar-refractivity contribution in [3.8, 4) is 0 Å². The van der Waals surface area contributed by atoms with E-state index in [1.165, 1.54) is 0 Å². The van der Waals surface area contributed by atoms with Crippen molar-refractivity contribution in [2.45, 2.75) is 30.8 Å². The summed E-state index contributed by atoms with van der Waals surface area (Å²) in [6, 6.07) is 0. The lowest BCUT2D eigenvalue weighted by molar-refractivity contribution is -0.182. The molecule has 1 heterocycles. The Labute approximate surface area is 70.0 Å². The van der Waals surface area contributed by atoms with Gasteiger partial charge in [-0.15, -0.1) is 0 Å². The highest BCUT2D eigenvalue weighted by atomic mass is 19.3. The minimum atomic E-state index is -2.88. The quantitative estimate of drug-likeness (QED) is 0.652. The zero-order valence-electron chi connectivity index (χ0n) is 6.82. The molecule has 2 aliphatic rings. The lowest BCUT2D eigenvalue weighted by Gasteiger charge is -2.31. The molecule has 4 heteroatoms. The number of hydrogen-bond acceptors (Lipinski definition) is 2. The van der Waals surface area contributed by atoms with Crippen LogP contribution in [0.15, 0.2) is 0 Å². The van der Waals surface area contributed by atoms with E-state index in [0.29, 0.717) is 19.4 Å². The van der Waals surface area contributed by atoms with Gasteiger partial charge in [-0.1, -0.05) is 0 Å². The molecule has 1 atom stereocenters. The Kier molecular flexibility index (Phi) is 1.67. The molecule has 0 aromatic carbocycles. The second-order valence-electron chi connectivity index (χ2n) is 3.86. The van der Waals surface area contributed by atoms with Crippen LogP contribution in [-0.2, 0) is 0 Å². The van der Waals surface area contributed by atoms with Gasteiger partial charge in [0.2, 0.25) is 0 Å². The highest BCUT2D eigenvalue weighted by Gasteiger charge is 2.61. The molecule has 0 aromatic heterocycles. The van der Waals surface area contributed by atoms with Gasteiger partial charge in [0.05, 0.1) is 0 Å². The van der Waals surface area contributed by atoms with Crippen LogP contribution in [-0.4, -0.2) is 29.7 Å². The summed E-state index contributed by atoms with van der Waals surface area (Å²) in [6.07, 6.45) is 1.31. The zero-order chi connectivity index (χ0) is 8.82. The van der Waals surface area contributed by atoms with Gasteiger partial charge in [-0.2, -0.15) is 0 Å². The maximum atomic E-state index is 13.4. The topological polar surface area (TPSA) is 32.3 Å². The monoisotopic (exact) mass is 177 g/mol. The molecule has 0 bridgehead atoms. The molecule has 70 valence electrons. The Morgan fingerprint density at radius 3 is 2.50 bits per heavy atom. The van der Waals surface area contributed by atoms with E-state index >= 15 is 0 Å². The Morgan fingerprint density at radius 2 is 2.08 bits per heavy atom. The fourth-order valence-electron chi connectivity index (χ4n) is 1.79. The average Bonchev–Trinajstić information content (AvgIpc) is 2.76. The number of halogens is 2. The summed E-state index contributed by atoms with van der Waals surface area (Å²) in [4.78, 5) is 0. The van der Waals surface area contributed by atoms with Crippen LogP contribution in [0.5, 0.6) is 0 Å². The van der Waals surface area contributed by atoms with Crippen molar-refractivity contribution in [3.05, 3.63) is 0 Å². The molecule has 0 amide bonds. The molecule has 1 saturated carbocycles. The molecule has 2 nitrogen and oxygen atoms in total. The summed E-state index contributed by atoms with van der Waals surface area (Å²) in [5, 5.41) is 12.4. The molecule has 1 unspecified atom stereocenters. The molecule has 1 aliphatic heterocycles. The van der Waals surface area contributed by atoms with Crippen LogP contribution in [0.1, 0.15) is 19.3 Å². The number of alkyl halides is 2. The maximum Gasteiger partial charge on any atom is 0.280 e. The van der Waals surface area contributed by atoms with Gasteiger partial charge in [0.1, 0.15) is 5.60 Å². The van der Waals surface area contributed by atoms with Crippen molar-refractivity contribution in [2.75, 3.05) is 13.1 Å². The van der Waals surface area contributed by atoms with E-state index in [1.54, 1.807) is 0 Å². The summed E-state index contributed by atoms with van der Waals surface area (Å²) in [6.45, 7) is 0.537. The minimum absolute atomic E-state index is 0.0382. The molecule has 2 N–H and O–H groups in total. The zero-order valence-corrected chi connectivity index (χ0v) is 6.82. The lowest BCUT2D eigenvalue weighted by atomic mass is 9.91. The second-order valence-corrected chi connectivity index (χ2v) is 3.86. The van der Waals surface area contributed by atoms with Crippen LogP contribution in [0.2, 0.25) is 0 Å². The number of nitrogens with one attached hydrogen (secondary N) is 1. The van der Waals surface area contributed by atoms with Crippen molar-refractivity contribution >= 4 is 0 Å². The van der Waals surface area contributed by atoms with Crippen LogP contribution in [0, 0.1) is 5.92 Å². The van der Waals surface area contributed by atoms with Gasteiger partial charge < -0.3 is 10.4 Å². The van der Waals surface area contributed by atoms with Gasteiger partial charge in [0, 0.05) is 12.5 Å². The summed E-state index contributed by atoms with van der Waals surface area (Å²) >= 11 is 0. The molecule has 2 fully saturated rings. The van der Waals surface area contributed by atoms with E-state index in [4.69, 9.17) is 0 Å². The first-order valence-electron chi connectivity index (χ1n) is 4.37. The highest BCUT2D eigenvalue weighted by Crippen LogP contribution is 2.50. The largest absolute Gasteiger partial charge is 0.382 e. The third kappa shape index (κ3) is 1.05. The van der Waals surface area contributed by atoms with Crippen LogP contribution in [0.3, 0.4) is 0 Å². The molecule has 0 radical (unpaired) electrons. The molecule has 2 rings (SSSR count). The van der Waals surface area contributed by atoms with Gasteiger partial charge in [-0.05, 0) is 25.8 Å². The molecule has 0 spiro atoms. The van der Waals surface area contributed by atoms with E-state index in [0.717, 1.165) is 0 Å². The van der Waals surface area contributed by atoms with Crippen molar-refractivity contribution in [1.29, 1.82) is 0 Å². The van der Waals surface area contributed by atoms with Gasteiger partial charge in [0.15, 0.2) is 0 Å². The molecule has 12 heavy (non-hydrogen) atoms. The Balaban J connectivity index is 2.13. The standard InChI is InChI=1S/C8H13F2NO/c9-8(10,6-1-2-6)7(12)3-4-11-5-7/h6,11-12H,1-5H2. The van der Waals surface area contributed by atoms with E-state index in [2.05, 4.69) is 5.32 Å². The number of rotatable bonds is 2. The van der Waals surface area contributed by atoms with Crippen LogP contribution < -0.4 is 5.32 Å². The SMILES string of the molecule is OC1(C(F)(F)C2CC2)CCNC1. The van der Waals surface area contributed by atoms with Crippen molar-refractivity contribution in [3.63, 3.8) is 0 Å². The predicted octanol–water partition coefficient (Wildman–Crippen LogP) is 0.756. The van der Waals surface area contributed by atoms with Crippen LogP contribution in [0.25, 0.3) is 0 Å². The first-order chi connectivity index (χ1) is 5.56. The fraction of sp³-hybridized carbons (Fsp3) is 1.00. The summed E-state index contributed by atoms with van der Waals surface area (Å²) in [5.74, 6) is -3.45. The molecule has 0 aromatic rings. The molecule has 1 saturated heterocycles. The third-order valence-corrected chi connectivity index (χ3v) is 2.84. The normalized spacial score (nSPS) is 37.2. The highest BCUT2D eigenvalue weighted by molar-refractivity contribution is 5.05. The van der Waals surface area contributed by atoms with E-state index in [9.17, 15) is 13.9 Å². The molecule has 1 aliphatic carbocycles. The smallest absolute Gasteiger partial charge is 0.280 e. The van der Waals surface area contributed by atoms with Crippen molar-refractivity contribution in [2.24, 2.45) is 5.92 Å². The third-order valence-electron chi connectivity index (χ3n) is 2.84. The van der Waals surface area contributed by atoms with Gasteiger partial charge in [-0.25, -0.2) is 8.78 Å². The lowest BCUT2D eigenvalue weighted by Crippen LogP contribution is -2.51. The number of β-amino-alcohol motifs (C(OH)–C–C–N with tert-alkyl or cyclic N) is 1. The number of aliphatic hydroxyl groups is 1. The predicted molar refractivity (Wildman–Crippen MR) is 40.1 cm³/mol. The van der Waals surface area contributed by atoms with Crippen molar-refractivity contribution in [1.82, 2.24) is 5.32 Å². The Hall–Kier alpha value is -0.220. The van der Waals surface area contributed by atoms with E-state index < -0.39 is 17.4 Å². The average molecular weight is 177 g/mol. The van der Waals surface area contributed by atoms with E-state index in [1.807, 2.05) is 0 Å². The van der Waals surface area contributed by atoms with E-state index in [-0.39, 0.29) is 13.0 Å². The first kappa shape index (κ1) is 8.38. The minimum Gasteiger partial charge on any atom is -0.382 e. The maximum absolute atomic E-state index is 13.4. The Morgan fingerprint density at radius 1 is 1.42 bits per heavy atom. The summed E-state index contributed by atoms with van der Waals surface area (Å²) < 4.78 is 26.8. The first-order valence-corrected chi connectivity index (χ1v) is 4.37. The molecular weight excluding hydrogens is 164 g/mol. The van der Waals surface area contributed by atoms with Crippen molar-refractivity contribution < 1.29 is 13.9 Å². The summed E-state index contributed by atoms with van der Waals surface area (Å²) in [5.41, 5.74) is -1.77.